The highest BCUT2D eigenvalue weighted by Crippen LogP contribution is 2.37. The summed E-state index contributed by atoms with van der Waals surface area (Å²) in [4.78, 5) is 0. The number of anilines is 1. The van der Waals surface area contributed by atoms with E-state index < -0.39 is 0 Å². The van der Waals surface area contributed by atoms with E-state index in [0.717, 1.165) is 0 Å². The van der Waals surface area contributed by atoms with Crippen molar-refractivity contribution in [2.24, 2.45) is 0 Å². The van der Waals surface area contributed by atoms with E-state index in [1.807, 2.05) is 6.07 Å². The molecule has 0 aliphatic carbocycles. The number of nitrogen functional groups attached to an aromatic ring is 1. The normalized spacial score (nSPS) is 10.0. The topological polar surface area (TPSA) is 59.0 Å². The van der Waals surface area contributed by atoms with Crippen molar-refractivity contribution in [3.05, 3.63) is 51.0 Å². The third-order valence-electron chi connectivity index (χ3n) is 2.36. The van der Waals surface area contributed by atoms with Crippen molar-refractivity contribution in [1.29, 1.82) is 5.26 Å². The number of halogens is 3. The number of benzene rings is 2. The fraction of sp³-hybridized carbons (Fsp3) is 0. The summed E-state index contributed by atoms with van der Waals surface area (Å²) in [6.45, 7) is 0. The molecule has 0 aromatic heterocycles. The van der Waals surface area contributed by atoms with Gasteiger partial charge in [-0.05, 0) is 18.2 Å². The van der Waals surface area contributed by atoms with Crippen LogP contribution in [0.25, 0.3) is 0 Å². The molecule has 6 heteroatoms. The zero-order valence-electron chi connectivity index (χ0n) is 9.45. The molecule has 0 unspecified atom stereocenters. The second-order valence-electron chi connectivity index (χ2n) is 3.63. The Kier molecular flexibility index (Phi) is 4.06. The van der Waals surface area contributed by atoms with Crippen molar-refractivity contribution in [2.75, 3.05) is 5.73 Å². The van der Waals surface area contributed by atoms with Crippen LogP contribution in [0, 0.1) is 11.3 Å². The molecule has 96 valence electrons. The minimum atomic E-state index is 0.231. The van der Waals surface area contributed by atoms with Crippen molar-refractivity contribution in [3.8, 4) is 17.6 Å². The van der Waals surface area contributed by atoms with Crippen LogP contribution in [0.1, 0.15) is 5.56 Å². The van der Waals surface area contributed by atoms with E-state index in [2.05, 4.69) is 0 Å². The Balaban J connectivity index is 2.45. The Morgan fingerprint density at radius 2 is 1.68 bits per heavy atom. The maximum absolute atomic E-state index is 9.05. The van der Waals surface area contributed by atoms with Gasteiger partial charge in [0.1, 0.15) is 17.4 Å². The summed E-state index contributed by atoms with van der Waals surface area (Å²) in [5.74, 6) is 0.619. The van der Waals surface area contributed by atoms with Gasteiger partial charge in [0, 0.05) is 6.07 Å². The van der Waals surface area contributed by atoms with Gasteiger partial charge in [-0.1, -0.05) is 40.9 Å². The number of nitrogens with two attached hydrogens (primary N) is 1. The monoisotopic (exact) mass is 312 g/mol. The predicted octanol–water partition coefficient (Wildman–Crippen LogP) is 4.89. The summed E-state index contributed by atoms with van der Waals surface area (Å²) in [7, 11) is 0. The maximum Gasteiger partial charge on any atom is 0.151 e. The van der Waals surface area contributed by atoms with Crippen LogP contribution in [0.2, 0.25) is 15.1 Å². The van der Waals surface area contributed by atoms with Crippen LogP contribution < -0.4 is 10.5 Å². The van der Waals surface area contributed by atoms with Crippen molar-refractivity contribution >= 4 is 40.5 Å². The minimum Gasteiger partial charge on any atom is -0.454 e. The molecule has 0 amide bonds. The molecule has 2 rings (SSSR count). The van der Waals surface area contributed by atoms with Gasteiger partial charge >= 0.3 is 0 Å². The van der Waals surface area contributed by atoms with E-state index in [1.165, 1.54) is 12.1 Å². The zero-order chi connectivity index (χ0) is 14.0. The lowest BCUT2D eigenvalue weighted by atomic mass is 10.2. The van der Waals surface area contributed by atoms with Gasteiger partial charge in [-0.15, -0.1) is 0 Å². The lowest BCUT2D eigenvalue weighted by molar-refractivity contribution is 0.483. The van der Waals surface area contributed by atoms with Crippen LogP contribution in [0.5, 0.6) is 11.5 Å². The molecule has 0 fully saturated rings. The number of hydrogen-bond acceptors (Lipinski definition) is 3. The molecule has 0 heterocycles. The maximum atomic E-state index is 9.05. The van der Waals surface area contributed by atoms with E-state index in [1.54, 1.807) is 18.2 Å². The van der Waals surface area contributed by atoms with Crippen molar-refractivity contribution < 1.29 is 4.74 Å². The third-order valence-corrected chi connectivity index (χ3v) is 3.40. The fourth-order valence-corrected chi connectivity index (χ4v) is 1.98. The van der Waals surface area contributed by atoms with E-state index >= 15 is 0 Å². The molecule has 0 saturated heterocycles. The van der Waals surface area contributed by atoms with Gasteiger partial charge in [-0.2, -0.15) is 5.26 Å². The lowest BCUT2D eigenvalue weighted by Crippen LogP contribution is -1.94. The summed E-state index contributed by atoms with van der Waals surface area (Å²) >= 11 is 17.6. The molecular formula is C13H7Cl3N2O. The quantitative estimate of drug-likeness (QED) is 0.803. The Bertz CT molecular complexity index is 680. The van der Waals surface area contributed by atoms with Gasteiger partial charge in [-0.3, -0.25) is 0 Å². The highest BCUT2D eigenvalue weighted by Gasteiger charge is 2.12. The fourth-order valence-electron chi connectivity index (χ4n) is 1.45. The second-order valence-corrected chi connectivity index (χ2v) is 4.85. The number of nitriles is 1. The van der Waals surface area contributed by atoms with Crippen molar-refractivity contribution in [3.63, 3.8) is 0 Å². The van der Waals surface area contributed by atoms with Crippen LogP contribution in [0.15, 0.2) is 30.3 Å². The van der Waals surface area contributed by atoms with E-state index in [-0.39, 0.29) is 5.56 Å². The van der Waals surface area contributed by atoms with Gasteiger partial charge < -0.3 is 10.5 Å². The minimum absolute atomic E-state index is 0.231. The highest BCUT2D eigenvalue weighted by molar-refractivity contribution is 6.42. The van der Waals surface area contributed by atoms with Crippen LogP contribution in [0.4, 0.5) is 5.69 Å². The molecule has 19 heavy (non-hydrogen) atoms. The molecule has 2 aromatic carbocycles. The highest BCUT2D eigenvalue weighted by atomic mass is 35.5. The first-order chi connectivity index (χ1) is 9.02. The predicted molar refractivity (Wildman–Crippen MR) is 77.1 cm³/mol. The van der Waals surface area contributed by atoms with Gasteiger partial charge in [0.25, 0.3) is 0 Å². The average molecular weight is 314 g/mol. The molecule has 0 aliphatic rings. The Morgan fingerprint density at radius 1 is 1.00 bits per heavy atom. The molecule has 3 nitrogen and oxygen atoms in total. The second kappa shape index (κ2) is 5.58. The molecule has 0 atom stereocenters. The number of hydrogen-bond donors (Lipinski definition) is 1. The molecule has 0 radical (unpaired) electrons. The standard InChI is InChI=1S/C13H7Cl3N2O/c14-8-2-1-3-12(7(8)6-17)19-13-5-10(16)9(15)4-11(13)18/h1-5H,18H2. The number of ether oxygens (including phenoxy) is 1. The Hall–Kier alpha value is -1.60. The molecule has 0 saturated carbocycles. The van der Waals surface area contributed by atoms with E-state index in [4.69, 9.17) is 50.5 Å². The van der Waals surface area contributed by atoms with Crippen LogP contribution in [-0.2, 0) is 0 Å². The summed E-state index contributed by atoms with van der Waals surface area (Å²) < 4.78 is 5.57. The van der Waals surface area contributed by atoms with Crippen molar-refractivity contribution in [2.45, 2.75) is 0 Å². The van der Waals surface area contributed by atoms with Crippen molar-refractivity contribution in [1.82, 2.24) is 0 Å². The van der Waals surface area contributed by atoms with Gasteiger partial charge in [0.15, 0.2) is 5.75 Å². The first-order valence-corrected chi connectivity index (χ1v) is 6.27. The molecule has 0 spiro atoms. The first-order valence-electron chi connectivity index (χ1n) is 5.14. The third kappa shape index (κ3) is 2.87. The first kappa shape index (κ1) is 13.8. The van der Waals surface area contributed by atoms with Gasteiger partial charge in [0.05, 0.1) is 20.8 Å². The molecule has 2 N–H and O–H groups in total. The van der Waals surface area contributed by atoms with Gasteiger partial charge in [0.2, 0.25) is 0 Å². The molecule has 2 aromatic rings. The summed E-state index contributed by atoms with van der Waals surface area (Å²) in [6.07, 6.45) is 0. The summed E-state index contributed by atoms with van der Waals surface area (Å²) in [6, 6.07) is 9.83. The van der Waals surface area contributed by atoms with Crippen LogP contribution >= 0.6 is 34.8 Å². The molecule has 0 bridgehead atoms. The van der Waals surface area contributed by atoms with Crippen LogP contribution in [-0.4, -0.2) is 0 Å². The Morgan fingerprint density at radius 3 is 2.37 bits per heavy atom. The largest absolute Gasteiger partial charge is 0.454 e. The molecular weight excluding hydrogens is 307 g/mol. The lowest BCUT2D eigenvalue weighted by Gasteiger charge is -2.11. The van der Waals surface area contributed by atoms with Gasteiger partial charge in [-0.25, -0.2) is 0 Å². The number of nitrogens with zero attached hydrogens (tertiary/aromatic N) is 1. The SMILES string of the molecule is N#Cc1c(Cl)cccc1Oc1cc(Cl)c(Cl)cc1N. The van der Waals surface area contributed by atoms with E-state index in [9.17, 15) is 0 Å². The number of rotatable bonds is 2. The summed E-state index contributed by atoms with van der Waals surface area (Å²) in [5.41, 5.74) is 6.33. The average Bonchev–Trinajstić information content (AvgIpc) is 2.36. The Labute approximate surface area is 125 Å². The van der Waals surface area contributed by atoms with Crippen LogP contribution in [0.3, 0.4) is 0 Å². The molecule has 0 aliphatic heterocycles. The smallest absolute Gasteiger partial charge is 0.151 e. The zero-order valence-corrected chi connectivity index (χ0v) is 11.7. The van der Waals surface area contributed by atoms with E-state index in [0.29, 0.717) is 32.3 Å². The summed E-state index contributed by atoms with van der Waals surface area (Å²) in [5, 5.41) is 10.00.